The number of carbonyl (C=O) groups is 1. The normalized spacial score (nSPS) is 11.1. The van der Waals surface area contributed by atoms with Gasteiger partial charge in [0.1, 0.15) is 5.75 Å². The number of hydrogen-bond acceptors (Lipinski definition) is 6. The van der Waals surface area contributed by atoms with Gasteiger partial charge in [0.15, 0.2) is 0 Å². The fourth-order valence-corrected chi connectivity index (χ4v) is 2.28. The molecule has 0 saturated carbocycles. The molecule has 1 N–H and O–H groups in total. The molecule has 7 nitrogen and oxygen atoms in total. The van der Waals surface area contributed by atoms with Crippen LogP contribution in [0.15, 0.2) is 48.7 Å². The third-order valence-electron chi connectivity index (χ3n) is 3.67. The average molecular weight is 404 g/mol. The van der Waals surface area contributed by atoms with Crippen LogP contribution < -0.4 is 14.8 Å². The van der Waals surface area contributed by atoms with Crippen LogP contribution in [0.1, 0.15) is 21.6 Å². The van der Waals surface area contributed by atoms with Gasteiger partial charge in [0, 0.05) is 29.6 Å². The van der Waals surface area contributed by atoms with E-state index in [9.17, 15) is 18.0 Å². The maximum atomic E-state index is 12.6. The monoisotopic (exact) mass is 404 g/mol. The molecule has 0 aliphatic rings. The lowest BCUT2D eigenvalue weighted by atomic mass is 10.2. The molecule has 3 rings (SSSR count). The van der Waals surface area contributed by atoms with Crippen LogP contribution in [-0.4, -0.2) is 28.0 Å². The van der Waals surface area contributed by atoms with Crippen molar-refractivity contribution in [3.8, 4) is 17.5 Å². The van der Waals surface area contributed by atoms with E-state index in [1.165, 1.54) is 31.4 Å². The summed E-state index contributed by atoms with van der Waals surface area (Å²) in [6, 6.07) is 9.57. The standard InChI is InChI=1S/C19H15F3N4O3/c1-11-9-16(28-2)25-18(24-11)26-17(27)12-3-6-14(7-4-12)29-15-8-5-13(10-23-15)19(20,21)22/h3-10H,1-2H3,(H,24,25,26,27). The molecular formula is C19H15F3N4O3. The van der Waals surface area contributed by atoms with Gasteiger partial charge in [-0.05, 0) is 37.3 Å². The van der Waals surface area contributed by atoms with Gasteiger partial charge in [-0.2, -0.15) is 18.2 Å². The summed E-state index contributed by atoms with van der Waals surface area (Å²) in [5.41, 5.74) is 0.0635. The highest BCUT2D eigenvalue weighted by molar-refractivity contribution is 6.03. The molecule has 0 unspecified atom stereocenters. The summed E-state index contributed by atoms with van der Waals surface area (Å²) in [7, 11) is 1.46. The van der Waals surface area contributed by atoms with Crippen LogP contribution in [0.2, 0.25) is 0 Å². The van der Waals surface area contributed by atoms with Gasteiger partial charge in [-0.1, -0.05) is 0 Å². The fraction of sp³-hybridized carbons (Fsp3) is 0.158. The van der Waals surface area contributed by atoms with Crippen LogP contribution >= 0.6 is 0 Å². The first-order valence-electron chi connectivity index (χ1n) is 8.27. The number of pyridine rings is 1. The summed E-state index contributed by atoms with van der Waals surface area (Å²) in [5.74, 6) is 0.274. The number of methoxy groups -OCH3 is 1. The highest BCUT2D eigenvalue weighted by atomic mass is 19.4. The number of hydrogen-bond donors (Lipinski definition) is 1. The molecule has 29 heavy (non-hydrogen) atoms. The van der Waals surface area contributed by atoms with E-state index in [1.54, 1.807) is 13.0 Å². The van der Waals surface area contributed by atoms with Gasteiger partial charge in [0.25, 0.3) is 5.91 Å². The zero-order valence-corrected chi connectivity index (χ0v) is 15.3. The Morgan fingerprint density at radius 1 is 1.03 bits per heavy atom. The number of aromatic nitrogens is 3. The third-order valence-corrected chi connectivity index (χ3v) is 3.67. The average Bonchev–Trinajstić information content (AvgIpc) is 2.67. The predicted molar refractivity (Wildman–Crippen MR) is 97.0 cm³/mol. The molecule has 0 aliphatic heterocycles. The minimum absolute atomic E-state index is 0.00421. The molecule has 0 bridgehead atoms. The Bertz CT molecular complexity index is 1010. The number of rotatable bonds is 5. The summed E-state index contributed by atoms with van der Waals surface area (Å²) >= 11 is 0. The third kappa shape index (κ3) is 5.18. The Labute approximate surface area is 163 Å². The molecule has 0 saturated heterocycles. The summed E-state index contributed by atoms with van der Waals surface area (Å²) in [4.78, 5) is 24.1. The van der Waals surface area contributed by atoms with E-state index in [2.05, 4.69) is 20.3 Å². The number of anilines is 1. The van der Waals surface area contributed by atoms with E-state index in [0.29, 0.717) is 29.1 Å². The van der Waals surface area contributed by atoms with Crippen LogP contribution in [-0.2, 0) is 6.18 Å². The number of benzene rings is 1. The largest absolute Gasteiger partial charge is 0.481 e. The van der Waals surface area contributed by atoms with Crippen LogP contribution in [0, 0.1) is 6.92 Å². The van der Waals surface area contributed by atoms with Crippen LogP contribution in [0.4, 0.5) is 19.1 Å². The van der Waals surface area contributed by atoms with Crippen molar-refractivity contribution < 1.29 is 27.4 Å². The van der Waals surface area contributed by atoms with E-state index in [-0.39, 0.29) is 11.8 Å². The van der Waals surface area contributed by atoms with Crippen molar-refractivity contribution in [2.45, 2.75) is 13.1 Å². The second kappa shape index (κ2) is 8.13. The number of alkyl halides is 3. The number of nitrogens with one attached hydrogen (secondary N) is 1. The van der Waals surface area contributed by atoms with Crippen LogP contribution in [0.25, 0.3) is 0 Å². The molecule has 10 heteroatoms. The molecule has 0 atom stereocenters. The first kappa shape index (κ1) is 20.1. The second-order valence-corrected chi connectivity index (χ2v) is 5.84. The number of ether oxygens (including phenoxy) is 2. The highest BCUT2D eigenvalue weighted by Gasteiger charge is 2.30. The first-order chi connectivity index (χ1) is 13.7. The lowest BCUT2D eigenvalue weighted by Gasteiger charge is -2.09. The van der Waals surface area contributed by atoms with E-state index < -0.39 is 17.6 Å². The molecule has 150 valence electrons. The van der Waals surface area contributed by atoms with Gasteiger partial charge in [0.2, 0.25) is 17.7 Å². The smallest absolute Gasteiger partial charge is 0.417 e. The molecule has 0 aliphatic carbocycles. The topological polar surface area (TPSA) is 86.2 Å². The summed E-state index contributed by atoms with van der Waals surface area (Å²) in [6.45, 7) is 1.74. The summed E-state index contributed by atoms with van der Waals surface area (Å²) in [5, 5.41) is 2.56. The van der Waals surface area contributed by atoms with Crippen LogP contribution in [0.3, 0.4) is 0 Å². The lowest BCUT2D eigenvalue weighted by Crippen LogP contribution is -2.14. The minimum atomic E-state index is -4.47. The van der Waals surface area contributed by atoms with Gasteiger partial charge in [-0.3, -0.25) is 10.1 Å². The molecule has 1 aromatic carbocycles. The maximum absolute atomic E-state index is 12.6. The van der Waals surface area contributed by atoms with Crippen LogP contribution in [0.5, 0.6) is 17.5 Å². The molecule has 0 spiro atoms. The predicted octanol–water partition coefficient (Wildman–Crippen LogP) is 4.25. The van der Waals surface area contributed by atoms with E-state index in [1.807, 2.05) is 0 Å². The number of aryl methyl sites for hydroxylation is 1. The minimum Gasteiger partial charge on any atom is -0.481 e. The fourth-order valence-electron chi connectivity index (χ4n) is 2.28. The van der Waals surface area contributed by atoms with E-state index >= 15 is 0 Å². The first-order valence-corrected chi connectivity index (χ1v) is 8.27. The summed E-state index contributed by atoms with van der Waals surface area (Å²) in [6.07, 6.45) is -3.78. The van der Waals surface area contributed by atoms with Crippen molar-refractivity contribution in [1.82, 2.24) is 15.0 Å². The molecular weight excluding hydrogens is 389 g/mol. The number of carbonyl (C=O) groups excluding carboxylic acids is 1. The van der Waals surface area contributed by atoms with Crippen molar-refractivity contribution in [2.24, 2.45) is 0 Å². The van der Waals surface area contributed by atoms with Crippen molar-refractivity contribution in [3.05, 3.63) is 65.5 Å². The summed E-state index contributed by atoms with van der Waals surface area (Å²) < 4.78 is 48.1. The van der Waals surface area contributed by atoms with E-state index in [0.717, 1.165) is 12.1 Å². The molecule has 0 fully saturated rings. The maximum Gasteiger partial charge on any atom is 0.417 e. The Kier molecular flexibility index (Phi) is 5.62. The zero-order valence-electron chi connectivity index (χ0n) is 15.3. The molecule has 3 aromatic rings. The van der Waals surface area contributed by atoms with Gasteiger partial charge in [0.05, 0.1) is 12.7 Å². The van der Waals surface area contributed by atoms with Crippen molar-refractivity contribution in [3.63, 3.8) is 0 Å². The Balaban J connectivity index is 1.66. The van der Waals surface area contributed by atoms with Gasteiger partial charge >= 0.3 is 6.18 Å². The second-order valence-electron chi connectivity index (χ2n) is 5.84. The Morgan fingerprint density at radius 3 is 2.34 bits per heavy atom. The number of amides is 1. The van der Waals surface area contributed by atoms with Gasteiger partial charge < -0.3 is 9.47 Å². The SMILES string of the molecule is COc1cc(C)nc(NC(=O)c2ccc(Oc3ccc(C(F)(F)F)cn3)cc2)n1. The van der Waals surface area contributed by atoms with Crippen molar-refractivity contribution in [1.29, 1.82) is 0 Å². The molecule has 2 heterocycles. The van der Waals surface area contributed by atoms with Gasteiger partial charge in [-0.15, -0.1) is 0 Å². The highest BCUT2D eigenvalue weighted by Crippen LogP contribution is 2.30. The quantitative estimate of drug-likeness (QED) is 0.684. The van der Waals surface area contributed by atoms with Crippen molar-refractivity contribution >= 4 is 11.9 Å². The molecule has 0 radical (unpaired) electrons. The Morgan fingerprint density at radius 2 is 1.76 bits per heavy atom. The molecule has 1 amide bonds. The zero-order chi connectivity index (χ0) is 21.0. The Hall–Kier alpha value is -3.69. The number of nitrogens with zero attached hydrogens (tertiary/aromatic N) is 3. The van der Waals surface area contributed by atoms with Gasteiger partial charge in [-0.25, -0.2) is 9.97 Å². The number of halogens is 3. The lowest BCUT2D eigenvalue weighted by molar-refractivity contribution is -0.137. The van der Waals surface area contributed by atoms with E-state index in [4.69, 9.17) is 9.47 Å². The molecule has 2 aromatic heterocycles. The van der Waals surface area contributed by atoms with Crippen molar-refractivity contribution in [2.75, 3.05) is 12.4 Å².